The number of benzene rings is 1. The molecular formula is C15H20N4O2. The van der Waals surface area contributed by atoms with Crippen molar-refractivity contribution in [2.45, 2.75) is 32.7 Å². The van der Waals surface area contributed by atoms with Gasteiger partial charge >= 0.3 is 6.03 Å². The molecule has 0 aliphatic carbocycles. The lowest BCUT2D eigenvalue weighted by Gasteiger charge is -2.22. The van der Waals surface area contributed by atoms with Crippen molar-refractivity contribution >= 4 is 17.6 Å². The summed E-state index contributed by atoms with van der Waals surface area (Å²) < 4.78 is 0. The maximum atomic E-state index is 12.2. The Balaban J connectivity index is 2.76. The summed E-state index contributed by atoms with van der Waals surface area (Å²) in [5.41, 5.74) is 6.60. The summed E-state index contributed by atoms with van der Waals surface area (Å²) in [4.78, 5) is 23.2. The van der Waals surface area contributed by atoms with E-state index < -0.39 is 12.1 Å². The van der Waals surface area contributed by atoms with Crippen molar-refractivity contribution in [1.29, 1.82) is 5.26 Å². The van der Waals surface area contributed by atoms with Crippen molar-refractivity contribution in [3.8, 4) is 6.07 Å². The highest BCUT2D eigenvalue weighted by molar-refractivity contribution is 5.97. The number of nitrogens with two attached hydrogens (primary N) is 1. The van der Waals surface area contributed by atoms with Crippen molar-refractivity contribution in [3.63, 3.8) is 0 Å². The number of urea groups is 1. The smallest absolute Gasteiger partial charge is 0.312 e. The lowest BCUT2D eigenvalue weighted by molar-refractivity contribution is -0.119. The molecule has 0 aliphatic heterocycles. The van der Waals surface area contributed by atoms with Crippen molar-refractivity contribution in [2.75, 3.05) is 5.32 Å². The van der Waals surface area contributed by atoms with Gasteiger partial charge in [0.2, 0.25) is 5.91 Å². The second-order valence-corrected chi connectivity index (χ2v) is 4.89. The quantitative estimate of drug-likeness (QED) is 0.742. The Hall–Kier alpha value is -2.55. The van der Waals surface area contributed by atoms with Gasteiger partial charge in [-0.2, -0.15) is 5.26 Å². The van der Waals surface area contributed by atoms with Crippen LogP contribution in [0.1, 0.15) is 25.8 Å². The topological polar surface area (TPSA) is 108 Å². The summed E-state index contributed by atoms with van der Waals surface area (Å²) >= 11 is 0. The van der Waals surface area contributed by atoms with E-state index in [0.29, 0.717) is 12.1 Å². The highest BCUT2D eigenvalue weighted by Gasteiger charge is 2.25. The van der Waals surface area contributed by atoms with Crippen molar-refractivity contribution in [3.05, 3.63) is 29.8 Å². The molecule has 2 atom stereocenters. The zero-order valence-corrected chi connectivity index (χ0v) is 12.2. The number of hydrogen-bond acceptors (Lipinski definition) is 3. The van der Waals surface area contributed by atoms with Crippen molar-refractivity contribution in [1.82, 2.24) is 5.32 Å². The number of hydrogen-bond donors (Lipinski definition) is 3. The first kappa shape index (κ1) is 16.5. The van der Waals surface area contributed by atoms with Gasteiger partial charge in [0, 0.05) is 5.69 Å². The first-order valence-corrected chi connectivity index (χ1v) is 6.80. The highest BCUT2D eigenvalue weighted by atomic mass is 16.2. The first-order chi connectivity index (χ1) is 9.97. The van der Waals surface area contributed by atoms with E-state index in [1.807, 2.05) is 13.8 Å². The molecule has 0 saturated heterocycles. The van der Waals surface area contributed by atoms with Gasteiger partial charge in [0.15, 0.2) is 0 Å². The minimum Gasteiger partial charge on any atom is -0.352 e. The molecule has 6 nitrogen and oxygen atoms in total. The van der Waals surface area contributed by atoms with Crippen LogP contribution in [0.15, 0.2) is 24.3 Å². The van der Waals surface area contributed by atoms with Crippen LogP contribution in [0.2, 0.25) is 0 Å². The van der Waals surface area contributed by atoms with Gasteiger partial charge in [-0.25, -0.2) is 4.79 Å². The summed E-state index contributed by atoms with van der Waals surface area (Å²) in [7, 11) is 0. The monoisotopic (exact) mass is 288 g/mol. The molecule has 1 aromatic rings. The van der Waals surface area contributed by atoms with E-state index in [9.17, 15) is 9.59 Å². The maximum absolute atomic E-state index is 12.2. The van der Waals surface area contributed by atoms with Gasteiger partial charge in [-0.3, -0.25) is 4.79 Å². The number of nitrogens with one attached hydrogen (secondary N) is 2. The van der Waals surface area contributed by atoms with Crippen LogP contribution in [0, 0.1) is 17.2 Å². The molecule has 0 unspecified atom stereocenters. The number of nitrogens with zero attached hydrogens (tertiary/aromatic N) is 1. The summed E-state index contributed by atoms with van der Waals surface area (Å²) in [6.45, 7) is 3.81. The number of nitriles is 1. The Morgan fingerprint density at radius 2 is 1.95 bits per heavy atom. The Morgan fingerprint density at radius 1 is 1.33 bits per heavy atom. The van der Waals surface area contributed by atoms with Crippen LogP contribution >= 0.6 is 0 Å². The number of carbonyl (C=O) groups excluding carboxylic acids is 2. The molecular weight excluding hydrogens is 268 g/mol. The third-order valence-electron chi connectivity index (χ3n) is 3.30. The van der Waals surface area contributed by atoms with E-state index in [1.165, 1.54) is 0 Å². The van der Waals surface area contributed by atoms with Crippen LogP contribution in [-0.4, -0.2) is 18.0 Å². The van der Waals surface area contributed by atoms with E-state index >= 15 is 0 Å². The fraction of sp³-hybridized carbons (Fsp3) is 0.400. The van der Waals surface area contributed by atoms with E-state index in [4.69, 9.17) is 11.0 Å². The molecule has 1 rings (SSSR count). The van der Waals surface area contributed by atoms with Gasteiger partial charge in [-0.05, 0) is 23.6 Å². The number of rotatable bonds is 6. The van der Waals surface area contributed by atoms with Crippen molar-refractivity contribution in [2.24, 2.45) is 11.7 Å². The average Bonchev–Trinajstić information content (AvgIpc) is 2.46. The molecule has 0 aliphatic rings. The largest absolute Gasteiger partial charge is 0.352 e. The predicted molar refractivity (Wildman–Crippen MR) is 80.4 cm³/mol. The van der Waals surface area contributed by atoms with Crippen LogP contribution in [0.3, 0.4) is 0 Å². The molecule has 21 heavy (non-hydrogen) atoms. The number of anilines is 1. The summed E-state index contributed by atoms with van der Waals surface area (Å²) in [5.74, 6) is -0.341. The lowest BCUT2D eigenvalue weighted by Crippen LogP contribution is -2.49. The van der Waals surface area contributed by atoms with Gasteiger partial charge in [0.25, 0.3) is 0 Å². The third-order valence-corrected chi connectivity index (χ3v) is 3.30. The average molecular weight is 288 g/mol. The van der Waals surface area contributed by atoms with Crippen LogP contribution in [0.25, 0.3) is 0 Å². The third kappa shape index (κ3) is 5.15. The van der Waals surface area contributed by atoms with Gasteiger partial charge in [-0.15, -0.1) is 0 Å². The lowest BCUT2D eigenvalue weighted by atomic mass is 9.98. The van der Waals surface area contributed by atoms with Gasteiger partial charge in [0.05, 0.1) is 12.5 Å². The number of carbonyl (C=O) groups is 2. The Morgan fingerprint density at radius 3 is 2.43 bits per heavy atom. The number of amides is 3. The summed E-state index contributed by atoms with van der Waals surface area (Å²) in [6.07, 6.45) is 1.06. The van der Waals surface area contributed by atoms with E-state index in [1.54, 1.807) is 24.3 Å². The van der Waals surface area contributed by atoms with Crippen LogP contribution < -0.4 is 16.4 Å². The molecule has 0 spiro atoms. The molecule has 0 radical (unpaired) electrons. The molecule has 0 heterocycles. The second-order valence-electron chi connectivity index (χ2n) is 4.89. The molecule has 112 valence electrons. The molecule has 1 aromatic carbocycles. The zero-order chi connectivity index (χ0) is 15.8. The minimum atomic E-state index is -0.722. The van der Waals surface area contributed by atoms with Crippen molar-refractivity contribution < 1.29 is 9.59 Å². The molecule has 0 fully saturated rings. The summed E-state index contributed by atoms with van der Waals surface area (Å²) in [6, 6.07) is 7.66. The molecule has 6 heteroatoms. The van der Waals surface area contributed by atoms with Gasteiger partial charge in [-0.1, -0.05) is 32.4 Å². The fourth-order valence-electron chi connectivity index (χ4n) is 1.87. The second kappa shape index (κ2) is 7.90. The Labute approximate surface area is 124 Å². The Kier molecular flexibility index (Phi) is 6.21. The van der Waals surface area contributed by atoms with Crippen LogP contribution in [0.5, 0.6) is 0 Å². The van der Waals surface area contributed by atoms with E-state index in [2.05, 4.69) is 16.7 Å². The van der Waals surface area contributed by atoms with Crippen LogP contribution in [0.4, 0.5) is 10.5 Å². The normalized spacial score (nSPS) is 12.8. The predicted octanol–water partition coefficient (Wildman–Crippen LogP) is 1.77. The molecule has 3 amide bonds. The molecule has 0 bridgehead atoms. The van der Waals surface area contributed by atoms with Gasteiger partial charge in [0.1, 0.15) is 6.04 Å². The van der Waals surface area contributed by atoms with E-state index in [0.717, 1.165) is 12.0 Å². The highest BCUT2D eigenvalue weighted by Crippen LogP contribution is 2.13. The molecule has 0 aromatic heterocycles. The van der Waals surface area contributed by atoms with Gasteiger partial charge < -0.3 is 16.4 Å². The molecule has 4 N–H and O–H groups in total. The minimum absolute atomic E-state index is 0.0321. The standard InChI is InChI=1S/C15H20N4O2/c1-3-10(2)13(19-15(17)21)14(20)18-12-6-4-11(5-7-12)8-9-16/h4-7,10,13H,3,8H2,1-2H3,(H,18,20)(H3,17,19,21)/t10-,13+/m1/s1. The number of primary amides is 1. The maximum Gasteiger partial charge on any atom is 0.312 e. The van der Waals surface area contributed by atoms with Crippen LogP contribution in [-0.2, 0) is 11.2 Å². The zero-order valence-electron chi connectivity index (χ0n) is 12.2. The Bertz CT molecular complexity index is 534. The first-order valence-electron chi connectivity index (χ1n) is 6.80. The SMILES string of the molecule is CC[C@@H](C)[C@H](NC(N)=O)C(=O)Nc1ccc(CC#N)cc1. The summed E-state index contributed by atoms with van der Waals surface area (Å²) in [5, 5.41) is 13.8. The fourth-order valence-corrected chi connectivity index (χ4v) is 1.87. The van der Waals surface area contributed by atoms with E-state index in [-0.39, 0.29) is 11.8 Å². The molecule has 0 saturated carbocycles.